The lowest BCUT2D eigenvalue weighted by Gasteiger charge is -2.37. The van der Waals surface area contributed by atoms with E-state index < -0.39 is 0 Å². The summed E-state index contributed by atoms with van der Waals surface area (Å²) >= 11 is 0. The maximum absolute atomic E-state index is 6.04. The molecule has 1 saturated heterocycles. The van der Waals surface area contributed by atoms with Crippen LogP contribution in [0.25, 0.3) is 10.8 Å². The Kier molecular flexibility index (Phi) is 3.03. The third kappa shape index (κ3) is 2.24. The lowest BCUT2D eigenvalue weighted by atomic mass is 10.1. The number of aromatic nitrogens is 1. The highest BCUT2D eigenvalue weighted by Gasteiger charge is 2.23. The fourth-order valence-corrected chi connectivity index (χ4v) is 2.85. The smallest absolute Gasteiger partial charge is 0.0726 e. The zero-order valence-corrected chi connectivity index (χ0v) is 11.3. The lowest BCUT2D eigenvalue weighted by Crippen LogP contribution is -2.45. The van der Waals surface area contributed by atoms with Crippen molar-refractivity contribution in [2.75, 3.05) is 23.7 Å². The Labute approximate surface area is 113 Å². The van der Waals surface area contributed by atoms with Gasteiger partial charge in [0.25, 0.3) is 0 Å². The molecule has 0 aliphatic carbocycles. The molecule has 1 aliphatic rings. The van der Waals surface area contributed by atoms with Crippen LogP contribution in [0.3, 0.4) is 0 Å². The summed E-state index contributed by atoms with van der Waals surface area (Å²) in [6.07, 6.45) is 4.17. The molecule has 2 N–H and O–H groups in total. The van der Waals surface area contributed by atoms with Gasteiger partial charge in [0.1, 0.15) is 0 Å². The van der Waals surface area contributed by atoms with Crippen molar-refractivity contribution in [1.29, 1.82) is 0 Å². The number of benzene rings is 1. The molecule has 0 unspecified atom stereocenters. The van der Waals surface area contributed by atoms with Gasteiger partial charge in [0, 0.05) is 47.6 Å². The molecule has 0 radical (unpaired) electrons. The first-order valence-corrected chi connectivity index (χ1v) is 6.68. The second-order valence-electron chi connectivity index (χ2n) is 5.26. The minimum Gasteiger partial charge on any atom is -0.398 e. The summed E-state index contributed by atoms with van der Waals surface area (Å²) in [6.45, 7) is 6.03. The van der Waals surface area contributed by atoms with Crippen LogP contribution in [0, 0.1) is 0 Å². The zero-order valence-electron chi connectivity index (χ0n) is 11.3. The Morgan fingerprint density at radius 3 is 2.63 bits per heavy atom. The summed E-state index contributed by atoms with van der Waals surface area (Å²) < 4.78 is 5.79. The van der Waals surface area contributed by atoms with E-state index in [4.69, 9.17) is 10.5 Å². The maximum Gasteiger partial charge on any atom is 0.0726 e. The number of hydrogen-bond acceptors (Lipinski definition) is 4. The number of ether oxygens (including phenoxy) is 1. The van der Waals surface area contributed by atoms with Crippen LogP contribution in [-0.4, -0.2) is 30.3 Å². The third-order valence-electron chi connectivity index (χ3n) is 3.59. The molecule has 1 fully saturated rings. The van der Waals surface area contributed by atoms with Crippen molar-refractivity contribution < 1.29 is 4.74 Å². The number of anilines is 2. The van der Waals surface area contributed by atoms with Crippen molar-refractivity contribution in [3.05, 3.63) is 30.6 Å². The van der Waals surface area contributed by atoms with Crippen LogP contribution in [0.1, 0.15) is 13.8 Å². The fourth-order valence-electron chi connectivity index (χ4n) is 2.85. The molecule has 100 valence electrons. The number of nitrogens with two attached hydrogens (primary N) is 1. The summed E-state index contributed by atoms with van der Waals surface area (Å²) in [5, 5.41) is 2.18. The van der Waals surface area contributed by atoms with E-state index in [1.807, 2.05) is 18.3 Å². The van der Waals surface area contributed by atoms with E-state index in [9.17, 15) is 0 Å². The van der Waals surface area contributed by atoms with E-state index in [1.165, 1.54) is 5.69 Å². The van der Waals surface area contributed by atoms with Gasteiger partial charge in [-0.05, 0) is 32.0 Å². The molecular weight excluding hydrogens is 238 g/mol. The highest BCUT2D eigenvalue weighted by atomic mass is 16.5. The molecule has 2 atom stereocenters. The van der Waals surface area contributed by atoms with E-state index >= 15 is 0 Å². The Morgan fingerprint density at radius 2 is 1.89 bits per heavy atom. The summed E-state index contributed by atoms with van der Waals surface area (Å²) in [5.74, 6) is 0. The van der Waals surface area contributed by atoms with Gasteiger partial charge >= 0.3 is 0 Å². The molecule has 0 bridgehead atoms. The van der Waals surface area contributed by atoms with Crippen molar-refractivity contribution in [3.63, 3.8) is 0 Å². The summed E-state index contributed by atoms with van der Waals surface area (Å²) in [4.78, 5) is 6.60. The summed E-state index contributed by atoms with van der Waals surface area (Å²) in [5.41, 5.74) is 8.03. The molecular formula is C15H19N3O. The molecule has 4 nitrogen and oxygen atoms in total. The predicted octanol–water partition coefficient (Wildman–Crippen LogP) is 2.43. The Balaban J connectivity index is 2.07. The van der Waals surface area contributed by atoms with E-state index in [1.54, 1.807) is 6.20 Å². The SMILES string of the molecule is C[C@@H]1CN(c2ccc(N)c3ccncc23)C[C@H](C)O1. The number of morpholine rings is 1. The van der Waals surface area contributed by atoms with Gasteiger partial charge in [-0.15, -0.1) is 0 Å². The van der Waals surface area contributed by atoms with Crippen LogP contribution < -0.4 is 10.6 Å². The van der Waals surface area contributed by atoms with Crippen molar-refractivity contribution in [2.45, 2.75) is 26.1 Å². The molecule has 0 spiro atoms. The van der Waals surface area contributed by atoms with E-state index in [0.29, 0.717) is 0 Å². The number of nitrogens with zero attached hydrogens (tertiary/aromatic N) is 2. The average Bonchev–Trinajstić information content (AvgIpc) is 2.38. The third-order valence-corrected chi connectivity index (χ3v) is 3.59. The fraction of sp³-hybridized carbons (Fsp3) is 0.400. The molecule has 2 aromatic rings. The van der Waals surface area contributed by atoms with Gasteiger partial charge in [-0.2, -0.15) is 0 Å². The summed E-state index contributed by atoms with van der Waals surface area (Å²) in [7, 11) is 0. The second-order valence-corrected chi connectivity index (χ2v) is 5.26. The number of rotatable bonds is 1. The predicted molar refractivity (Wildman–Crippen MR) is 78.4 cm³/mol. The molecule has 2 heterocycles. The monoisotopic (exact) mass is 257 g/mol. The van der Waals surface area contributed by atoms with Crippen molar-refractivity contribution in [1.82, 2.24) is 4.98 Å². The molecule has 19 heavy (non-hydrogen) atoms. The topological polar surface area (TPSA) is 51.4 Å². The average molecular weight is 257 g/mol. The molecule has 4 heteroatoms. The second kappa shape index (κ2) is 4.70. The number of fused-ring (bicyclic) bond motifs is 1. The van der Waals surface area contributed by atoms with E-state index in [0.717, 1.165) is 29.5 Å². The van der Waals surface area contributed by atoms with Gasteiger partial charge in [-0.25, -0.2) is 0 Å². The Bertz CT molecular complexity index is 589. The van der Waals surface area contributed by atoms with Crippen molar-refractivity contribution >= 4 is 22.1 Å². The molecule has 0 saturated carbocycles. The van der Waals surface area contributed by atoms with Gasteiger partial charge in [0.05, 0.1) is 12.2 Å². The minimum absolute atomic E-state index is 0.244. The largest absolute Gasteiger partial charge is 0.398 e. The minimum atomic E-state index is 0.244. The first-order chi connectivity index (χ1) is 9.15. The molecule has 1 aliphatic heterocycles. The summed E-state index contributed by atoms with van der Waals surface area (Å²) in [6, 6.07) is 6.04. The number of hydrogen-bond donors (Lipinski definition) is 1. The van der Waals surface area contributed by atoms with Crippen LogP contribution in [0.5, 0.6) is 0 Å². The highest BCUT2D eigenvalue weighted by Crippen LogP contribution is 2.31. The number of pyridine rings is 1. The van der Waals surface area contributed by atoms with Crippen LogP contribution in [0.2, 0.25) is 0 Å². The van der Waals surface area contributed by atoms with Crippen LogP contribution >= 0.6 is 0 Å². The van der Waals surface area contributed by atoms with Gasteiger partial charge in [0.15, 0.2) is 0 Å². The van der Waals surface area contributed by atoms with Crippen molar-refractivity contribution in [3.8, 4) is 0 Å². The standard InChI is InChI=1S/C15H19N3O/c1-10-8-18(9-11(2)19-10)15-4-3-14(16)12-5-6-17-7-13(12)15/h3-7,10-11H,8-9,16H2,1-2H3/t10-,11+. The van der Waals surface area contributed by atoms with Gasteiger partial charge in [0.2, 0.25) is 0 Å². The maximum atomic E-state index is 6.04. The first kappa shape index (κ1) is 12.2. The van der Waals surface area contributed by atoms with Gasteiger partial charge < -0.3 is 15.4 Å². The van der Waals surface area contributed by atoms with Gasteiger partial charge in [-0.3, -0.25) is 4.98 Å². The van der Waals surface area contributed by atoms with Crippen LogP contribution in [-0.2, 0) is 4.74 Å². The Hall–Kier alpha value is -1.81. The molecule has 1 aromatic carbocycles. The normalized spacial score (nSPS) is 23.8. The first-order valence-electron chi connectivity index (χ1n) is 6.68. The van der Waals surface area contributed by atoms with E-state index in [2.05, 4.69) is 29.8 Å². The highest BCUT2D eigenvalue weighted by molar-refractivity contribution is 6.00. The quantitative estimate of drug-likeness (QED) is 0.797. The lowest BCUT2D eigenvalue weighted by molar-refractivity contribution is -0.00513. The Morgan fingerprint density at radius 1 is 1.16 bits per heavy atom. The molecule has 1 aromatic heterocycles. The molecule has 3 rings (SSSR count). The van der Waals surface area contributed by atoms with E-state index in [-0.39, 0.29) is 12.2 Å². The van der Waals surface area contributed by atoms with Crippen LogP contribution in [0.15, 0.2) is 30.6 Å². The van der Waals surface area contributed by atoms with Crippen molar-refractivity contribution in [2.24, 2.45) is 0 Å². The van der Waals surface area contributed by atoms with Crippen LogP contribution in [0.4, 0.5) is 11.4 Å². The molecule has 0 amide bonds. The van der Waals surface area contributed by atoms with Gasteiger partial charge in [-0.1, -0.05) is 0 Å². The zero-order chi connectivity index (χ0) is 13.4. The number of nitrogen functional groups attached to an aromatic ring is 1.